The van der Waals surface area contributed by atoms with Crippen LogP contribution in [0.3, 0.4) is 0 Å². The lowest BCUT2D eigenvalue weighted by molar-refractivity contribution is 0.629. The Labute approximate surface area is 459 Å². The number of hydrogen-bond donors (Lipinski definition) is 0. The molecule has 376 valence electrons. The second kappa shape index (κ2) is 20.8. The van der Waals surface area contributed by atoms with Crippen molar-refractivity contribution < 1.29 is 0 Å². The molecule has 0 bridgehead atoms. The molecule has 1 atom stereocenters. The maximum atomic E-state index is 11.1. The number of aromatic nitrogens is 3. The zero-order chi connectivity index (χ0) is 54.1. The monoisotopic (exact) mass is 1020 g/mol. The average molecular weight is 1020 g/mol. The van der Waals surface area contributed by atoms with Crippen molar-refractivity contribution in [2.75, 3.05) is 4.90 Å². The maximum Gasteiger partial charge on any atom is 0.101 e. The van der Waals surface area contributed by atoms with E-state index in [2.05, 4.69) is 191 Å². The minimum atomic E-state index is -0.432. The molecule has 79 heavy (non-hydrogen) atoms. The third-order valence-electron chi connectivity index (χ3n) is 15.6. The number of anilines is 2. The van der Waals surface area contributed by atoms with E-state index in [0.29, 0.717) is 40.8 Å². The predicted octanol–water partition coefficient (Wildman–Crippen LogP) is 17.5. The first-order chi connectivity index (χ1) is 38.8. The number of benzene rings is 7. The zero-order valence-corrected chi connectivity index (χ0v) is 43.9. The molecule has 0 spiro atoms. The molecule has 2 aliphatic rings. The second-order valence-electron chi connectivity index (χ2n) is 20.0. The Morgan fingerprint density at radius 1 is 0.671 bits per heavy atom. The summed E-state index contributed by atoms with van der Waals surface area (Å²) < 4.78 is 6.61. The van der Waals surface area contributed by atoms with E-state index in [0.717, 1.165) is 118 Å². The molecule has 3 heterocycles. The van der Waals surface area contributed by atoms with Crippen molar-refractivity contribution in [2.24, 2.45) is 0 Å². The van der Waals surface area contributed by atoms with E-state index in [1.54, 1.807) is 12.2 Å². The lowest BCUT2D eigenvalue weighted by Crippen LogP contribution is -2.19. The first-order valence-electron chi connectivity index (χ1n) is 26.6. The molecule has 0 amide bonds. The van der Waals surface area contributed by atoms with Crippen LogP contribution in [0.25, 0.3) is 77.6 Å². The lowest BCUT2D eigenvalue weighted by Gasteiger charge is -2.29. The van der Waals surface area contributed by atoms with Gasteiger partial charge in [-0.05, 0) is 110 Å². The van der Waals surface area contributed by atoms with Crippen molar-refractivity contribution in [1.82, 2.24) is 13.7 Å². The molecule has 7 aromatic carbocycles. The number of para-hydroxylation sites is 6. The lowest BCUT2D eigenvalue weighted by atomic mass is 9.96. The molecule has 3 aromatic heterocycles. The Morgan fingerprint density at radius 2 is 1.28 bits per heavy atom. The maximum absolute atomic E-state index is 11.1. The number of allylic oxidation sites excluding steroid dienone is 13. The number of aryl methyl sites for hydroxylation is 1. The summed E-state index contributed by atoms with van der Waals surface area (Å²) in [5, 5.41) is 49.5. The highest BCUT2D eigenvalue weighted by Crippen LogP contribution is 2.43. The standard InChI is InChI=1S/C71H52N8/c1-4-20-63(78-67-32-15-7-25-56(67)57-26-8-16-33-68(57)78)52(44-73)39-51(43-72)48(3)76-66-31-14-11-29-60(66)61-42-50(22-6-13-36-71(61)76)49-23-19-24-55(41-49)77(62-30-12-5-21-47(62)2)64-37-38-65(54(46-75)40-53(64)45-74)79-69-34-17-9-27-58(69)59-28-10-18-35-70(59)79/h4-12,14-19,21-35,37,39-42,48H,1,13,20,36,38H2,2-3H3/b22-6-,50-42+,51-39-,63-52-. The largest absolute Gasteiger partial charge is 0.336 e. The Balaban J connectivity index is 0.969. The fraction of sp³-hybridized carbons (Fsp3) is 0.0986. The van der Waals surface area contributed by atoms with Gasteiger partial charge in [-0.15, -0.1) is 6.58 Å². The smallest absolute Gasteiger partial charge is 0.101 e. The first-order valence-corrected chi connectivity index (χ1v) is 26.6. The summed E-state index contributed by atoms with van der Waals surface area (Å²) in [4.78, 5) is 2.16. The molecule has 10 aromatic rings. The number of nitriles is 4. The molecule has 0 N–H and O–H groups in total. The van der Waals surface area contributed by atoms with E-state index in [1.165, 1.54) is 0 Å². The van der Waals surface area contributed by atoms with E-state index in [-0.39, 0.29) is 0 Å². The van der Waals surface area contributed by atoms with Gasteiger partial charge in [0, 0.05) is 79.3 Å². The van der Waals surface area contributed by atoms with E-state index >= 15 is 0 Å². The van der Waals surface area contributed by atoms with E-state index in [9.17, 15) is 21.0 Å². The van der Waals surface area contributed by atoms with Gasteiger partial charge in [-0.1, -0.05) is 146 Å². The highest BCUT2D eigenvalue weighted by molar-refractivity contribution is 6.11. The molecule has 0 saturated heterocycles. The second-order valence-corrected chi connectivity index (χ2v) is 20.0. The minimum Gasteiger partial charge on any atom is -0.336 e. The van der Waals surface area contributed by atoms with Crippen LogP contribution in [-0.4, -0.2) is 13.7 Å². The molecular formula is C71H52N8. The highest BCUT2D eigenvalue weighted by Gasteiger charge is 2.27. The summed E-state index contributed by atoms with van der Waals surface area (Å²) in [7, 11) is 0. The number of nitrogens with zero attached hydrogens (tertiary/aromatic N) is 8. The number of fused-ring (bicyclic) bond motifs is 9. The van der Waals surface area contributed by atoms with Gasteiger partial charge >= 0.3 is 0 Å². The molecule has 2 aliphatic carbocycles. The number of rotatable bonds is 11. The van der Waals surface area contributed by atoms with Crippen molar-refractivity contribution in [1.29, 1.82) is 21.0 Å². The highest BCUT2D eigenvalue weighted by atomic mass is 15.2. The Hall–Kier alpha value is -10.6. The average Bonchev–Trinajstić information content (AvgIpc) is 4.23. The normalized spacial score (nSPS) is 15.5. The Morgan fingerprint density at radius 3 is 1.90 bits per heavy atom. The molecule has 8 nitrogen and oxygen atoms in total. The van der Waals surface area contributed by atoms with Crippen LogP contribution in [-0.2, 0) is 6.42 Å². The summed E-state index contributed by atoms with van der Waals surface area (Å²) in [5.74, 6) is 0. The van der Waals surface area contributed by atoms with Gasteiger partial charge in [0.05, 0.1) is 62.2 Å². The fourth-order valence-electron chi connectivity index (χ4n) is 12.0. The van der Waals surface area contributed by atoms with Crippen molar-refractivity contribution in [2.45, 2.75) is 45.6 Å². The third-order valence-corrected chi connectivity index (χ3v) is 15.6. The van der Waals surface area contributed by atoms with Crippen molar-refractivity contribution >= 4 is 88.9 Å². The summed E-state index contributed by atoms with van der Waals surface area (Å²) in [5.41, 5.74) is 15.8. The van der Waals surface area contributed by atoms with Gasteiger partial charge in [-0.3, -0.25) is 0 Å². The van der Waals surface area contributed by atoms with Crippen molar-refractivity contribution in [3.63, 3.8) is 0 Å². The van der Waals surface area contributed by atoms with Crippen molar-refractivity contribution in [3.05, 3.63) is 263 Å². The molecule has 0 fully saturated rings. The van der Waals surface area contributed by atoms with Gasteiger partial charge in [-0.25, -0.2) is 0 Å². The van der Waals surface area contributed by atoms with Crippen LogP contribution in [0, 0.1) is 52.2 Å². The first kappa shape index (κ1) is 49.2. The molecule has 8 heteroatoms. The predicted molar refractivity (Wildman–Crippen MR) is 323 cm³/mol. The van der Waals surface area contributed by atoms with Crippen LogP contribution in [0.4, 0.5) is 11.4 Å². The summed E-state index contributed by atoms with van der Waals surface area (Å²) >= 11 is 0. The summed E-state index contributed by atoms with van der Waals surface area (Å²) in [6, 6.07) is 67.6. The SMILES string of the molecule is C=CC/C(=C(C#N)\C=C(\C#N)C(C)n1c2c(c3ccccc31)/C=C(c1cccc(N(C3=CCC(n4c5ccccc5c5ccccc54)=C(C#N)C=C3C#N)c3ccccc3C)c1)\C=C/CC2)n1c2ccccc2c2ccccc21. The van der Waals surface area contributed by atoms with Gasteiger partial charge < -0.3 is 18.6 Å². The number of hydrogen-bond acceptors (Lipinski definition) is 5. The van der Waals surface area contributed by atoms with Gasteiger partial charge in [0.2, 0.25) is 0 Å². The van der Waals surface area contributed by atoms with Crippen LogP contribution >= 0.6 is 0 Å². The van der Waals surface area contributed by atoms with E-state index < -0.39 is 6.04 Å². The van der Waals surface area contributed by atoms with Gasteiger partial charge in [-0.2, -0.15) is 21.0 Å². The van der Waals surface area contributed by atoms with Gasteiger partial charge in [0.15, 0.2) is 0 Å². The molecule has 1 unspecified atom stereocenters. The quantitative estimate of drug-likeness (QED) is 0.0727. The topological polar surface area (TPSA) is 113 Å². The van der Waals surface area contributed by atoms with E-state index in [1.807, 2.05) is 72.8 Å². The summed E-state index contributed by atoms with van der Waals surface area (Å²) in [6.07, 6.45) is 16.4. The van der Waals surface area contributed by atoms with E-state index in [4.69, 9.17) is 0 Å². The van der Waals surface area contributed by atoms with Crippen LogP contribution in [0.2, 0.25) is 0 Å². The fourth-order valence-corrected chi connectivity index (χ4v) is 12.0. The van der Waals surface area contributed by atoms with Crippen LogP contribution in [0.15, 0.2) is 241 Å². The molecule has 0 radical (unpaired) electrons. The molecular weight excluding hydrogens is 965 g/mol. The molecule has 12 rings (SSSR count). The van der Waals surface area contributed by atoms with Crippen molar-refractivity contribution in [3.8, 4) is 24.3 Å². The van der Waals surface area contributed by atoms with Gasteiger partial charge in [0.25, 0.3) is 0 Å². The zero-order valence-electron chi connectivity index (χ0n) is 43.9. The van der Waals surface area contributed by atoms with Gasteiger partial charge in [0.1, 0.15) is 18.2 Å². The third kappa shape index (κ3) is 8.47. The minimum absolute atomic E-state index is 0.379. The van der Waals surface area contributed by atoms with Crippen LogP contribution in [0.1, 0.15) is 54.6 Å². The van der Waals surface area contributed by atoms with Crippen LogP contribution < -0.4 is 4.90 Å². The van der Waals surface area contributed by atoms with Crippen LogP contribution in [0.5, 0.6) is 0 Å². The molecule has 0 aliphatic heterocycles. The molecule has 0 saturated carbocycles. The Bertz CT molecular complexity index is 4490. The summed E-state index contributed by atoms with van der Waals surface area (Å²) in [6.45, 7) is 8.23. The Kier molecular flexibility index (Phi) is 13.0.